The van der Waals surface area contributed by atoms with Crippen molar-refractivity contribution >= 4 is 11.6 Å². The fourth-order valence-electron chi connectivity index (χ4n) is 3.46. The van der Waals surface area contributed by atoms with Gasteiger partial charge in [0.15, 0.2) is 0 Å². The molecule has 2 fully saturated rings. The van der Waals surface area contributed by atoms with Gasteiger partial charge >= 0.3 is 0 Å². The molecular formula is C22H19F2N3O. The van der Waals surface area contributed by atoms with Gasteiger partial charge in [-0.25, -0.2) is 13.5 Å². The summed E-state index contributed by atoms with van der Waals surface area (Å²) in [4.78, 5) is 12.2. The van der Waals surface area contributed by atoms with Crippen LogP contribution in [0.5, 0.6) is 0 Å². The third kappa shape index (κ3) is 3.19. The number of hydrogen-bond acceptors (Lipinski definition) is 2. The molecule has 0 atom stereocenters. The third-order valence-electron chi connectivity index (χ3n) is 5.31. The number of aromatic nitrogens is 2. The Morgan fingerprint density at radius 3 is 2.21 bits per heavy atom. The van der Waals surface area contributed by atoms with Crippen molar-refractivity contribution in [2.24, 2.45) is 0 Å². The molecule has 0 unspecified atom stereocenters. The van der Waals surface area contributed by atoms with Gasteiger partial charge in [-0.3, -0.25) is 4.79 Å². The average molecular weight is 379 g/mol. The van der Waals surface area contributed by atoms with Gasteiger partial charge in [-0.15, -0.1) is 0 Å². The highest BCUT2D eigenvalue weighted by molar-refractivity contribution is 6.04. The van der Waals surface area contributed by atoms with Gasteiger partial charge in [0.2, 0.25) is 0 Å². The van der Waals surface area contributed by atoms with Gasteiger partial charge in [0, 0.05) is 23.2 Å². The zero-order valence-electron chi connectivity index (χ0n) is 15.2. The van der Waals surface area contributed by atoms with E-state index in [4.69, 9.17) is 5.10 Å². The number of hydrogen-bond donors (Lipinski definition) is 1. The molecule has 0 spiro atoms. The first kappa shape index (κ1) is 17.1. The highest BCUT2D eigenvalue weighted by Crippen LogP contribution is 2.45. The van der Waals surface area contributed by atoms with E-state index in [0.717, 1.165) is 23.5 Å². The molecule has 0 saturated heterocycles. The molecule has 2 aliphatic carbocycles. The molecule has 2 aromatic carbocycles. The quantitative estimate of drug-likeness (QED) is 0.666. The summed E-state index contributed by atoms with van der Waals surface area (Å²) in [5.74, 6) is -1.41. The Bertz CT molecular complexity index is 1030. The van der Waals surface area contributed by atoms with Crippen molar-refractivity contribution in [3.05, 3.63) is 77.1 Å². The van der Waals surface area contributed by atoms with Crippen molar-refractivity contribution in [3.8, 4) is 5.69 Å². The van der Waals surface area contributed by atoms with Gasteiger partial charge in [-0.1, -0.05) is 6.07 Å². The number of anilines is 1. The number of amides is 1. The van der Waals surface area contributed by atoms with Gasteiger partial charge in [0.05, 0.1) is 11.4 Å². The summed E-state index contributed by atoms with van der Waals surface area (Å²) >= 11 is 0. The summed E-state index contributed by atoms with van der Waals surface area (Å²) in [5, 5.41) is 7.35. The molecule has 1 N–H and O–H groups in total. The smallest absolute Gasteiger partial charge is 0.261 e. The zero-order chi connectivity index (χ0) is 19.3. The Morgan fingerprint density at radius 1 is 0.964 bits per heavy atom. The number of carbonyl (C=O) groups excluding carboxylic acids is 1. The van der Waals surface area contributed by atoms with Gasteiger partial charge in [0.1, 0.15) is 17.2 Å². The van der Waals surface area contributed by atoms with E-state index in [2.05, 4.69) is 11.4 Å². The fourth-order valence-corrected chi connectivity index (χ4v) is 3.46. The molecule has 0 aliphatic heterocycles. The fraction of sp³-hybridized carbons (Fsp3) is 0.273. The van der Waals surface area contributed by atoms with Crippen LogP contribution in [0.25, 0.3) is 5.69 Å². The third-order valence-corrected chi connectivity index (χ3v) is 5.31. The number of benzene rings is 2. The molecule has 2 saturated carbocycles. The number of nitrogens with one attached hydrogen (secondary N) is 1. The molecule has 0 radical (unpaired) electrons. The molecule has 1 heterocycles. The summed E-state index contributed by atoms with van der Waals surface area (Å²) in [7, 11) is 0. The SMILES string of the molecule is O=C(Nc1ccc(-n2nc(C3CC3)cc2C2CC2)cc1)c1c(F)cccc1F. The zero-order valence-corrected chi connectivity index (χ0v) is 15.2. The second-order valence-corrected chi connectivity index (χ2v) is 7.55. The summed E-state index contributed by atoms with van der Waals surface area (Å²) in [6.45, 7) is 0. The van der Waals surface area contributed by atoms with Crippen molar-refractivity contribution < 1.29 is 13.6 Å². The van der Waals surface area contributed by atoms with Gasteiger partial charge in [-0.2, -0.15) is 5.10 Å². The second-order valence-electron chi connectivity index (χ2n) is 7.55. The molecule has 3 aromatic rings. The van der Waals surface area contributed by atoms with Crippen LogP contribution in [0.2, 0.25) is 0 Å². The molecule has 2 aliphatic rings. The maximum absolute atomic E-state index is 13.8. The Kier molecular flexibility index (Phi) is 4.00. The van der Waals surface area contributed by atoms with Gasteiger partial charge < -0.3 is 5.32 Å². The lowest BCUT2D eigenvalue weighted by molar-refractivity contribution is 0.101. The lowest BCUT2D eigenvalue weighted by Gasteiger charge is -2.10. The number of nitrogens with zero attached hydrogens (tertiary/aromatic N) is 2. The number of carbonyl (C=O) groups is 1. The largest absolute Gasteiger partial charge is 0.322 e. The van der Waals surface area contributed by atoms with E-state index in [9.17, 15) is 13.6 Å². The van der Waals surface area contributed by atoms with E-state index in [1.165, 1.54) is 37.4 Å². The Hall–Kier alpha value is -3.02. The maximum atomic E-state index is 13.8. The van der Waals surface area contributed by atoms with Crippen molar-refractivity contribution in [1.29, 1.82) is 0 Å². The Balaban J connectivity index is 1.38. The molecule has 5 rings (SSSR count). The van der Waals surface area contributed by atoms with Crippen molar-refractivity contribution in [1.82, 2.24) is 9.78 Å². The van der Waals surface area contributed by atoms with E-state index in [0.29, 0.717) is 17.5 Å². The highest BCUT2D eigenvalue weighted by Gasteiger charge is 2.32. The molecule has 4 nitrogen and oxygen atoms in total. The van der Waals surface area contributed by atoms with Gasteiger partial charge in [-0.05, 0) is 68.1 Å². The van der Waals surface area contributed by atoms with E-state index >= 15 is 0 Å². The van der Waals surface area contributed by atoms with Crippen LogP contribution in [0.1, 0.15) is 59.3 Å². The lowest BCUT2D eigenvalue weighted by atomic mass is 10.1. The highest BCUT2D eigenvalue weighted by atomic mass is 19.1. The van der Waals surface area contributed by atoms with Crippen LogP contribution < -0.4 is 5.32 Å². The first-order valence-electron chi connectivity index (χ1n) is 9.56. The van der Waals surface area contributed by atoms with E-state index in [-0.39, 0.29) is 0 Å². The molecule has 28 heavy (non-hydrogen) atoms. The van der Waals surface area contributed by atoms with Crippen molar-refractivity contribution in [2.45, 2.75) is 37.5 Å². The van der Waals surface area contributed by atoms with E-state index in [1.54, 1.807) is 12.1 Å². The minimum Gasteiger partial charge on any atom is -0.322 e. The van der Waals surface area contributed by atoms with Crippen LogP contribution in [0.3, 0.4) is 0 Å². The van der Waals surface area contributed by atoms with Crippen LogP contribution in [0, 0.1) is 11.6 Å². The summed E-state index contributed by atoms with van der Waals surface area (Å²) in [6.07, 6.45) is 4.80. The Labute approximate surface area is 161 Å². The molecule has 1 aromatic heterocycles. The van der Waals surface area contributed by atoms with Gasteiger partial charge in [0.25, 0.3) is 5.91 Å². The number of halogens is 2. The molecule has 0 bridgehead atoms. The summed E-state index contributed by atoms with van der Waals surface area (Å²) in [5.41, 5.74) is 3.22. The normalized spacial score (nSPS) is 16.2. The maximum Gasteiger partial charge on any atom is 0.261 e. The van der Waals surface area contributed by atoms with Crippen LogP contribution in [0.4, 0.5) is 14.5 Å². The number of rotatable bonds is 5. The van der Waals surface area contributed by atoms with Crippen LogP contribution in [-0.4, -0.2) is 15.7 Å². The predicted molar refractivity (Wildman–Crippen MR) is 102 cm³/mol. The predicted octanol–water partition coefficient (Wildman–Crippen LogP) is 5.16. The average Bonchev–Trinajstić information content (AvgIpc) is 3.61. The topological polar surface area (TPSA) is 46.9 Å². The van der Waals surface area contributed by atoms with Crippen molar-refractivity contribution in [2.75, 3.05) is 5.32 Å². The van der Waals surface area contributed by atoms with E-state index < -0.39 is 23.1 Å². The molecule has 6 heteroatoms. The minimum absolute atomic E-state index is 0.471. The molecule has 1 amide bonds. The Morgan fingerprint density at radius 2 is 1.61 bits per heavy atom. The van der Waals surface area contributed by atoms with Crippen LogP contribution in [-0.2, 0) is 0 Å². The first-order valence-corrected chi connectivity index (χ1v) is 9.56. The molecular weight excluding hydrogens is 360 g/mol. The summed E-state index contributed by atoms with van der Waals surface area (Å²) < 4.78 is 29.5. The monoisotopic (exact) mass is 379 g/mol. The minimum atomic E-state index is -0.882. The lowest BCUT2D eigenvalue weighted by Crippen LogP contribution is -2.15. The van der Waals surface area contributed by atoms with E-state index in [1.807, 2.05) is 16.8 Å². The first-order chi connectivity index (χ1) is 13.6. The second kappa shape index (κ2) is 6.55. The molecule has 142 valence electrons. The van der Waals surface area contributed by atoms with Crippen LogP contribution in [0.15, 0.2) is 48.5 Å². The standard InChI is InChI=1S/C22H19F2N3O/c23-17-2-1-3-18(24)21(17)22(28)25-15-8-10-16(11-9-15)27-20(14-6-7-14)12-19(26-27)13-4-5-13/h1-3,8-14H,4-7H2,(H,25,28). The summed E-state index contributed by atoms with van der Waals surface area (Å²) in [6, 6.07) is 12.8. The van der Waals surface area contributed by atoms with Crippen molar-refractivity contribution in [3.63, 3.8) is 0 Å². The van der Waals surface area contributed by atoms with Crippen LogP contribution >= 0.6 is 0 Å².